The molecule has 1 N–H and O–H groups in total. The molecule has 3 heteroatoms. The zero-order valence-corrected chi connectivity index (χ0v) is 10.1. The maximum Gasteiger partial charge on any atom is 0.131 e. The molecule has 1 saturated carbocycles. The van der Waals surface area contributed by atoms with E-state index in [-0.39, 0.29) is 0 Å². The van der Waals surface area contributed by atoms with Gasteiger partial charge in [0.2, 0.25) is 0 Å². The van der Waals surface area contributed by atoms with Crippen molar-refractivity contribution in [1.82, 2.24) is 15.3 Å². The van der Waals surface area contributed by atoms with Crippen LogP contribution >= 0.6 is 0 Å². The van der Waals surface area contributed by atoms with Gasteiger partial charge in [-0.3, -0.25) is 0 Å². The van der Waals surface area contributed by atoms with Crippen LogP contribution in [0.25, 0.3) is 0 Å². The molecule has 1 heterocycles. The van der Waals surface area contributed by atoms with Gasteiger partial charge in [-0.15, -0.1) is 0 Å². The minimum absolute atomic E-state index is 0.469. The first-order chi connectivity index (χ1) is 7.79. The largest absolute Gasteiger partial charge is 0.313 e. The molecule has 0 spiro atoms. The first-order valence-electron chi connectivity index (χ1n) is 6.34. The summed E-state index contributed by atoms with van der Waals surface area (Å²) in [6, 6.07) is 0.469. The van der Waals surface area contributed by atoms with Crippen LogP contribution in [0.3, 0.4) is 0 Å². The summed E-state index contributed by atoms with van der Waals surface area (Å²) in [7, 11) is 2.04. The second-order valence-electron chi connectivity index (χ2n) is 5.04. The Balaban J connectivity index is 2.05. The maximum absolute atomic E-state index is 4.78. The fourth-order valence-electron chi connectivity index (χ4n) is 2.74. The molecule has 16 heavy (non-hydrogen) atoms. The van der Waals surface area contributed by atoms with E-state index in [9.17, 15) is 0 Å². The van der Waals surface area contributed by atoms with Crippen molar-refractivity contribution in [3.63, 3.8) is 0 Å². The Bertz CT molecular complexity index is 410. The van der Waals surface area contributed by atoms with Gasteiger partial charge in [-0.2, -0.15) is 0 Å². The number of fused-ring (bicyclic) bond motifs is 1. The Labute approximate surface area is 96.7 Å². The van der Waals surface area contributed by atoms with E-state index in [0.717, 1.165) is 12.2 Å². The Kier molecular flexibility index (Phi) is 2.43. The van der Waals surface area contributed by atoms with E-state index in [1.807, 2.05) is 7.05 Å². The zero-order valence-electron chi connectivity index (χ0n) is 10.1. The highest BCUT2D eigenvalue weighted by Gasteiger charge is 2.30. The molecule has 0 aliphatic heterocycles. The van der Waals surface area contributed by atoms with Crippen molar-refractivity contribution in [3.8, 4) is 0 Å². The van der Waals surface area contributed by atoms with Crippen LogP contribution in [0.2, 0.25) is 0 Å². The molecule has 0 aromatic carbocycles. The summed E-state index contributed by atoms with van der Waals surface area (Å²) in [6.45, 7) is 2.14. The predicted molar refractivity (Wildman–Crippen MR) is 63.5 cm³/mol. The van der Waals surface area contributed by atoms with Crippen LogP contribution in [0.5, 0.6) is 0 Å². The van der Waals surface area contributed by atoms with Gasteiger partial charge in [-0.25, -0.2) is 9.97 Å². The van der Waals surface area contributed by atoms with E-state index in [2.05, 4.69) is 12.2 Å². The van der Waals surface area contributed by atoms with Gasteiger partial charge in [0.05, 0.1) is 0 Å². The maximum atomic E-state index is 4.78. The standard InChI is InChI=1S/C13H19N3/c1-8-12-10(14-2)4-3-5-11(12)16-13(15-8)9-6-7-9/h9-10,14H,3-7H2,1-2H3. The van der Waals surface area contributed by atoms with Gasteiger partial charge in [-0.05, 0) is 46.1 Å². The Hall–Kier alpha value is -0.960. The predicted octanol–water partition coefficient (Wildman–Crippen LogP) is 2.26. The van der Waals surface area contributed by atoms with Crippen LogP contribution in [0, 0.1) is 6.92 Å². The molecule has 1 aromatic heterocycles. The molecule has 0 saturated heterocycles. The van der Waals surface area contributed by atoms with Crippen LogP contribution in [0.4, 0.5) is 0 Å². The number of aryl methyl sites for hydroxylation is 2. The fraction of sp³-hybridized carbons (Fsp3) is 0.692. The monoisotopic (exact) mass is 217 g/mol. The smallest absolute Gasteiger partial charge is 0.131 e. The molecule has 0 radical (unpaired) electrons. The summed E-state index contributed by atoms with van der Waals surface area (Å²) < 4.78 is 0. The molecule has 1 atom stereocenters. The highest BCUT2D eigenvalue weighted by Crippen LogP contribution is 2.40. The minimum atomic E-state index is 0.469. The molecule has 0 bridgehead atoms. The Morgan fingerprint density at radius 2 is 2.00 bits per heavy atom. The van der Waals surface area contributed by atoms with E-state index in [4.69, 9.17) is 9.97 Å². The van der Waals surface area contributed by atoms with Crippen LogP contribution in [0.1, 0.15) is 60.4 Å². The van der Waals surface area contributed by atoms with Crippen LogP contribution in [0.15, 0.2) is 0 Å². The number of rotatable bonds is 2. The van der Waals surface area contributed by atoms with Crippen LogP contribution in [-0.2, 0) is 6.42 Å². The van der Waals surface area contributed by atoms with Crippen molar-refractivity contribution >= 4 is 0 Å². The Morgan fingerprint density at radius 3 is 2.69 bits per heavy atom. The van der Waals surface area contributed by atoms with Gasteiger partial charge in [0.25, 0.3) is 0 Å². The van der Waals surface area contributed by atoms with Gasteiger partial charge in [0.15, 0.2) is 0 Å². The van der Waals surface area contributed by atoms with E-state index < -0.39 is 0 Å². The lowest BCUT2D eigenvalue weighted by atomic mass is 9.90. The number of hydrogen-bond acceptors (Lipinski definition) is 3. The summed E-state index contributed by atoms with van der Waals surface area (Å²) in [5.74, 6) is 1.77. The molecule has 3 nitrogen and oxygen atoms in total. The molecular formula is C13H19N3. The van der Waals surface area contributed by atoms with E-state index >= 15 is 0 Å². The minimum Gasteiger partial charge on any atom is -0.313 e. The van der Waals surface area contributed by atoms with Crippen LogP contribution < -0.4 is 5.32 Å². The normalized spacial score (nSPS) is 24.2. The van der Waals surface area contributed by atoms with Crippen molar-refractivity contribution in [2.45, 2.75) is 51.0 Å². The van der Waals surface area contributed by atoms with Crippen LogP contribution in [-0.4, -0.2) is 17.0 Å². The lowest BCUT2D eigenvalue weighted by Gasteiger charge is -2.26. The summed E-state index contributed by atoms with van der Waals surface area (Å²) in [5, 5.41) is 3.39. The molecular weight excluding hydrogens is 198 g/mol. The zero-order chi connectivity index (χ0) is 11.1. The van der Waals surface area contributed by atoms with Gasteiger partial charge in [0.1, 0.15) is 5.82 Å². The molecule has 0 amide bonds. The molecule has 86 valence electrons. The average molecular weight is 217 g/mol. The van der Waals surface area contributed by atoms with Crippen molar-refractivity contribution in [1.29, 1.82) is 0 Å². The van der Waals surface area contributed by atoms with Gasteiger partial charge < -0.3 is 5.32 Å². The fourth-order valence-corrected chi connectivity index (χ4v) is 2.74. The molecule has 1 aromatic rings. The third-order valence-corrected chi connectivity index (χ3v) is 3.78. The molecule has 3 rings (SSSR count). The van der Waals surface area contributed by atoms with Crippen molar-refractivity contribution in [3.05, 3.63) is 22.8 Å². The van der Waals surface area contributed by atoms with E-state index in [1.54, 1.807) is 0 Å². The van der Waals surface area contributed by atoms with Crippen molar-refractivity contribution in [2.75, 3.05) is 7.05 Å². The summed E-state index contributed by atoms with van der Waals surface area (Å²) in [4.78, 5) is 9.48. The highest BCUT2D eigenvalue weighted by molar-refractivity contribution is 5.32. The molecule has 1 fully saturated rings. The van der Waals surface area contributed by atoms with E-state index in [1.165, 1.54) is 42.6 Å². The average Bonchev–Trinajstić information content (AvgIpc) is 3.11. The first-order valence-corrected chi connectivity index (χ1v) is 6.34. The molecule has 2 aliphatic carbocycles. The van der Waals surface area contributed by atoms with Gasteiger partial charge in [0, 0.05) is 28.9 Å². The Morgan fingerprint density at radius 1 is 1.19 bits per heavy atom. The summed E-state index contributed by atoms with van der Waals surface area (Å²) >= 11 is 0. The van der Waals surface area contributed by atoms with Gasteiger partial charge in [-0.1, -0.05) is 0 Å². The third kappa shape index (κ3) is 1.63. The summed E-state index contributed by atoms with van der Waals surface area (Å²) in [5.41, 5.74) is 3.88. The number of nitrogens with zero attached hydrogens (tertiary/aromatic N) is 2. The second kappa shape index (κ2) is 3.81. The number of hydrogen-bond donors (Lipinski definition) is 1. The first kappa shape index (κ1) is 10.2. The molecule has 2 aliphatic rings. The lowest BCUT2D eigenvalue weighted by molar-refractivity contribution is 0.482. The van der Waals surface area contributed by atoms with Gasteiger partial charge >= 0.3 is 0 Å². The summed E-state index contributed by atoms with van der Waals surface area (Å²) in [6.07, 6.45) is 6.17. The van der Waals surface area contributed by atoms with Crippen molar-refractivity contribution < 1.29 is 0 Å². The van der Waals surface area contributed by atoms with E-state index in [0.29, 0.717) is 12.0 Å². The second-order valence-corrected chi connectivity index (χ2v) is 5.04. The lowest BCUT2D eigenvalue weighted by Crippen LogP contribution is -2.24. The van der Waals surface area contributed by atoms with Crippen molar-refractivity contribution in [2.24, 2.45) is 0 Å². The topological polar surface area (TPSA) is 37.8 Å². The highest BCUT2D eigenvalue weighted by atomic mass is 15.0. The molecule has 1 unspecified atom stereocenters. The third-order valence-electron chi connectivity index (χ3n) is 3.78. The SMILES string of the molecule is CNC1CCCc2nc(C3CC3)nc(C)c21. The number of nitrogens with one attached hydrogen (secondary N) is 1. The number of aromatic nitrogens is 2. The quantitative estimate of drug-likeness (QED) is 0.825.